The lowest BCUT2D eigenvalue weighted by molar-refractivity contribution is -0.124. The fourth-order valence-corrected chi connectivity index (χ4v) is 10.0. The predicted octanol–water partition coefficient (Wildman–Crippen LogP) is 17.9. The standard InChI is InChI=1S/C57H114N4O2/c1-3-5-7-9-11-13-15-17-19-21-23-24-25-26-27-28-29-30-31-33-35-37-39-41-43-45-47-49-51-60-52-53-61(57(58)63)54-55(60)59-56(62)50-48-46-44-42-40-38-36-34-32-22-20-18-16-14-12-10-8-6-4-2/h55H,3-54H2,1-2H3,(H2,58,63)(H,59,62). The Hall–Kier alpha value is -1.30. The lowest BCUT2D eigenvalue weighted by Crippen LogP contribution is -2.62. The van der Waals surface area contributed by atoms with Gasteiger partial charge in [0.15, 0.2) is 0 Å². The maximum atomic E-state index is 12.9. The number of carbonyl (C=O) groups is 2. The Morgan fingerprint density at radius 1 is 0.381 bits per heavy atom. The fraction of sp³-hybridized carbons (Fsp3) is 0.965. The first-order chi connectivity index (χ1) is 31.1. The molecule has 1 rings (SSSR count). The highest BCUT2D eigenvalue weighted by Crippen LogP contribution is 2.19. The van der Waals surface area contributed by atoms with Crippen molar-refractivity contribution in [1.29, 1.82) is 0 Å². The number of urea groups is 1. The summed E-state index contributed by atoms with van der Waals surface area (Å²) in [6, 6.07) is -0.377. The Balaban J connectivity index is 1.92. The quantitative estimate of drug-likeness (QED) is 0.0597. The van der Waals surface area contributed by atoms with Crippen LogP contribution in [0.4, 0.5) is 4.79 Å². The van der Waals surface area contributed by atoms with Gasteiger partial charge in [0.25, 0.3) is 0 Å². The van der Waals surface area contributed by atoms with E-state index >= 15 is 0 Å². The van der Waals surface area contributed by atoms with Gasteiger partial charge in [-0.3, -0.25) is 9.69 Å². The average Bonchev–Trinajstić information content (AvgIpc) is 3.28. The Morgan fingerprint density at radius 2 is 0.635 bits per heavy atom. The third-order valence-corrected chi connectivity index (χ3v) is 14.4. The molecule has 1 fully saturated rings. The van der Waals surface area contributed by atoms with Gasteiger partial charge in [-0.25, -0.2) is 4.79 Å². The van der Waals surface area contributed by atoms with Crippen LogP contribution in [0.25, 0.3) is 0 Å². The molecule has 6 nitrogen and oxygen atoms in total. The molecule has 1 unspecified atom stereocenters. The van der Waals surface area contributed by atoms with E-state index in [1.807, 2.05) is 0 Å². The molecule has 0 saturated carbocycles. The van der Waals surface area contributed by atoms with Crippen LogP contribution in [0.1, 0.15) is 322 Å². The summed E-state index contributed by atoms with van der Waals surface area (Å²) in [5.41, 5.74) is 5.65. The molecule has 3 N–H and O–H groups in total. The van der Waals surface area contributed by atoms with E-state index in [-0.39, 0.29) is 18.1 Å². The molecule has 3 amide bonds. The Bertz CT molecular complexity index is 945. The van der Waals surface area contributed by atoms with Crippen LogP contribution in [0.2, 0.25) is 0 Å². The number of primary amides is 1. The molecule has 1 aliphatic rings. The number of hydrogen-bond donors (Lipinski definition) is 2. The first-order valence-electron chi connectivity index (χ1n) is 29.2. The third kappa shape index (κ3) is 41.8. The minimum Gasteiger partial charge on any atom is -0.351 e. The summed E-state index contributed by atoms with van der Waals surface area (Å²) < 4.78 is 0. The molecule has 1 atom stereocenters. The molecule has 0 bridgehead atoms. The molecule has 0 aromatic heterocycles. The Morgan fingerprint density at radius 3 is 0.905 bits per heavy atom. The molecular weight excluding hydrogens is 773 g/mol. The molecule has 0 aromatic carbocycles. The first kappa shape index (κ1) is 59.7. The Kier molecular flexibility index (Phi) is 46.1. The van der Waals surface area contributed by atoms with Crippen molar-refractivity contribution in [3.8, 4) is 0 Å². The van der Waals surface area contributed by atoms with Crippen LogP contribution in [0, 0.1) is 0 Å². The van der Waals surface area contributed by atoms with Crippen LogP contribution in [-0.2, 0) is 4.79 Å². The first-order valence-corrected chi connectivity index (χ1v) is 29.2. The number of piperazine rings is 1. The van der Waals surface area contributed by atoms with Crippen molar-refractivity contribution >= 4 is 11.9 Å². The monoisotopic (exact) mass is 887 g/mol. The zero-order valence-corrected chi connectivity index (χ0v) is 43.1. The number of amides is 3. The van der Waals surface area contributed by atoms with Crippen molar-refractivity contribution in [2.75, 3.05) is 26.2 Å². The molecule has 1 aliphatic heterocycles. The second-order valence-corrected chi connectivity index (χ2v) is 20.6. The number of nitrogens with one attached hydrogen (secondary N) is 1. The van der Waals surface area contributed by atoms with Crippen LogP contribution >= 0.6 is 0 Å². The maximum absolute atomic E-state index is 12.9. The van der Waals surface area contributed by atoms with Crippen molar-refractivity contribution in [2.24, 2.45) is 5.73 Å². The number of carbonyl (C=O) groups excluding carboxylic acids is 2. The summed E-state index contributed by atoms with van der Waals surface area (Å²) in [5.74, 6) is 0.124. The molecular formula is C57H114N4O2. The van der Waals surface area contributed by atoms with Gasteiger partial charge in [0.1, 0.15) is 0 Å². The lowest BCUT2D eigenvalue weighted by atomic mass is 10.0. The van der Waals surface area contributed by atoms with Crippen LogP contribution in [0.3, 0.4) is 0 Å². The van der Waals surface area contributed by atoms with Crippen molar-refractivity contribution in [2.45, 2.75) is 328 Å². The van der Waals surface area contributed by atoms with Gasteiger partial charge in [-0.05, 0) is 12.8 Å². The average molecular weight is 888 g/mol. The normalized spacial score (nSPS) is 14.5. The molecule has 6 heteroatoms. The zero-order chi connectivity index (χ0) is 45.4. The summed E-state index contributed by atoms with van der Waals surface area (Å²) >= 11 is 0. The van der Waals surface area contributed by atoms with Gasteiger partial charge in [-0.2, -0.15) is 0 Å². The van der Waals surface area contributed by atoms with Crippen LogP contribution in [0.5, 0.6) is 0 Å². The highest BCUT2D eigenvalue weighted by molar-refractivity contribution is 5.76. The number of rotatable bonds is 50. The van der Waals surface area contributed by atoms with Gasteiger partial charge in [-0.1, -0.05) is 303 Å². The van der Waals surface area contributed by atoms with Crippen molar-refractivity contribution < 1.29 is 9.59 Å². The minimum atomic E-state index is -0.377. The van der Waals surface area contributed by atoms with Gasteiger partial charge in [0.05, 0.1) is 12.7 Å². The van der Waals surface area contributed by atoms with Gasteiger partial charge < -0.3 is 16.0 Å². The summed E-state index contributed by atoms with van der Waals surface area (Å²) in [5, 5.41) is 3.27. The van der Waals surface area contributed by atoms with E-state index in [4.69, 9.17) is 5.73 Å². The molecule has 0 aliphatic carbocycles. The highest BCUT2D eigenvalue weighted by Gasteiger charge is 2.29. The maximum Gasteiger partial charge on any atom is 0.314 e. The van der Waals surface area contributed by atoms with Gasteiger partial charge in [-0.15, -0.1) is 0 Å². The van der Waals surface area contributed by atoms with Gasteiger partial charge >= 0.3 is 6.03 Å². The topological polar surface area (TPSA) is 78.7 Å². The van der Waals surface area contributed by atoms with Crippen LogP contribution in [0.15, 0.2) is 0 Å². The van der Waals surface area contributed by atoms with E-state index in [1.54, 1.807) is 4.90 Å². The van der Waals surface area contributed by atoms with Crippen molar-refractivity contribution in [3.63, 3.8) is 0 Å². The van der Waals surface area contributed by atoms with E-state index in [0.29, 0.717) is 19.5 Å². The second kappa shape index (κ2) is 48.6. The largest absolute Gasteiger partial charge is 0.351 e. The molecule has 1 heterocycles. The molecule has 0 spiro atoms. The Labute approximate surface area is 395 Å². The number of hydrogen-bond acceptors (Lipinski definition) is 3. The molecule has 1 saturated heterocycles. The third-order valence-electron chi connectivity index (χ3n) is 14.4. The minimum absolute atomic E-state index is 0.118. The number of unbranched alkanes of at least 4 members (excludes halogenated alkanes) is 45. The van der Waals surface area contributed by atoms with Crippen LogP contribution < -0.4 is 11.1 Å². The van der Waals surface area contributed by atoms with Crippen LogP contribution in [-0.4, -0.2) is 54.1 Å². The molecule has 374 valence electrons. The van der Waals surface area contributed by atoms with Crippen molar-refractivity contribution in [1.82, 2.24) is 15.1 Å². The second-order valence-electron chi connectivity index (χ2n) is 20.6. The number of nitrogens with two attached hydrogens (primary N) is 1. The summed E-state index contributed by atoms with van der Waals surface area (Å²) in [6.07, 6.45) is 66.0. The zero-order valence-electron chi connectivity index (χ0n) is 43.1. The molecule has 0 radical (unpaired) electrons. The smallest absolute Gasteiger partial charge is 0.314 e. The van der Waals surface area contributed by atoms with Gasteiger partial charge in [0, 0.05) is 26.1 Å². The fourth-order valence-electron chi connectivity index (χ4n) is 10.0. The van der Waals surface area contributed by atoms with E-state index < -0.39 is 0 Å². The summed E-state index contributed by atoms with van der Waals surface area (Å²) in [6.45, 7) is 7.52. The summed E-state index contributed by atoms with van der Waals surface area (Å²) in [4.78, 5) is 29.0. The van der Waals surface area contributed by atoms with E-state index in [0.717, 1.165) is 32.4 Å². The van der Waals surface area contributed by atoms with Gasteiger partial charge in [0.2, 0.25) is 5.91 Å². The molecule has 0 aromatic rings. The van der Waals surface area contributed by atoms with E-state index in [2.05, 4.69) is 24.1 Å². The summed E-state index contributed by atoms with van der Waals surface area (Å²) in [7, 11) is 0. The van der Waals surface area contributed by atoms with E-state index in [9.17, 15) is 9.59 Å². The highest BCUT2D eigenvalue weighted by atomic mass is 16.2. The number of nitrogens with zero attached hydrogens (tertiary/aromatic N) is 2. The van der Waals surface area contributed by atoms with Crippen molar-refractivity contribution in [3.05, 3.63) is 0 Å². The predicted molar refractivity (Wildman–Crippen MR) is 278 cm³/mol. The molecule has 63 heavy (non-hydrogen) atoms. The SMILES string of the molecule is CCCCCCCCCCCCCCCCCCCCCCCCCCCCCCN1CCN(C(N)=O)CC1NC(=O)CCCCCCCCCCCCCCCCCCCCC. The van der Waals surface area contributed by atoms with E-state index in [1.165, 1.54) is 283 Å². The lowest BCUT2D eigenvalue weighted by Gasteiger charge is -2.41.